The maximum Gasteiger partial charge on any atom is 0.0635 e. The van der Waals surface area contributed by atoms with Gasteiger partial charge >= 0.3 is 0 Å². The summed E-state index contributed by atoms with van der Waals surface area (Å²) >= 11 is 0. The van der Waals surface area contributed by atoms with Gasteiger partial charge in [0.2, 0.25) is 0 Å². The van der Waals surface area contributed by atoms with Gasteiger partial charge in [-0.3, -0.25) is 0 Å². The zero-order valence-electron chi connectivity index (χ0n) is 9.24. The number of hydrogen-bond acceptors (Lipinski definition) is 2. The number of hydrogen-bond donors (Lipinski definition) is 2. The fourth-order valence-corrected chi connectivity index (χ4v) is 2.02. The van der Waals surface area contributed by atoms with Gasteiger partial charge in [-0.1, -0.05) is 24.1 Å². The molecule has 0 radical (unpaired) electrons. The van der Waals surface area contributed by atoms with E-state index in [0.717, 1.165) is 5.69 Å². The molecule has 82 valence electrons. The lowest BCUT2D eigenvalue weighted by molar-refractivity contribution is 0.187. The van der Waals surface area contributed by atoms with Crippen molar-refractivity contribution in [1.29, 1.82) is 0 Å². The first-order valence-electron chi connectivity index (χ1n) is 5.73. The number of nitrogens with one attached hydrogen (secondary N) is 1. The third-order valence-corrected chi connectivity index (χ3v) is 3.32. The molecule has 0 amide bonds. The van der Waals surface area contributed by atoms with E-state index < -0.39 is 0 Å². The van der Waals surface area contributed by atoms with Crippen molar-refractivity contribution in [2.75, 3.05) is 11.9 Å². The van der Waals surface area contributed by atoms with Crippen molar-refractivity contribution in [3.63, 3.8) is 0 Å². The summed E-state index contributed by atoms with van der Waals surface area (Å²) in [4.78, 5) is 0. The fraction of sp³-hybridized carbons (Fsp3) is 0.538. The van der Waals surface area contributed by atoms with E-state index in [0.29, 0.717) is 5.92 Å². The molecule has 1 aliphatic carbocycles. The Labute approximate surface area is 91.3 Å². The molecule has 0 heterocycles. The van der Waals surface area contributed by atoms with E-state index >= 15 is 0 Å². The van der Waals surface area contributed by atoms with Crippen molar-refractivity contribution in [1.82, 2.24) is 0 Å². The quantitative estimate of drug-likeness (QED) is 0.791. The van der Waals surface area contributed by atoms with Gasteiger partial charge in [-0.15, -0.1) is 0 Å². The minimum atomic E-state index is 0.235. The number of aliphatic hydroxyl groups is 1. The smallest absolute Gasteiger partial charge is 0.0635 e. The highest BCUT2D eigenvalue weighted by molar-refractivity contribution is 5.45. The zero-order valence-corrected chi connectivity index (χ0v) is 9.24. The molecule has 1 aromatic carbocycles. The summed E-state index contributed by atoms with van der Waals surface area (Å²) in [5, 5.41) is 12.7. The van der Waals surface area contributed by atoms with Gasteiger partial charge in [-0.05, 0) is 37.8 Å². The molecular weight excluding hydrogens is 186 g/mol. The van der Waals surface area contributed by atoms with E-state index in [1.165, 1.54) is 24.8 Å². The lowest BCUT2D eigenvalue weighted by Crippen LogP contribution is -2.36. The molecule has 1 saturated carbocycles. The summed E-state index contributed by atoms with van der Waals surface area (Å²) < 4.78 is 0. The third kappa shape index (κ3) is 2.51. The SMILES string of the molecule is Cc1ccc(NC(CO)C2CCC2)cc1. The Kier molecular flexibility index (Phi) is 3.27. The molecule has 2 rings (SSSR count). The molecule has 15 heavy (non-hydrogen) atoms. The summed E-state index contributed by atoms with van der Waals surface area (Å²) in [6.45, 7) is 2.32. The third-order valence-electron chi connectivity index (χ3n) is 3.32. The van der Waals surface area contributed by atoms with Crippen LogP contribution in [0, 0.1) is 12.8 Å². The number of aliphatic hydroxyl groups excluding tert-OH is 1. The summed E-state index contributed by atoms with van der Waals surface area (Å²) in [6, 6.07) is 8.59. The molecule has 1 aliphatic rings. The average Bonchev–Trinajstić information content (AvgIpc) is 2.17. The summed E-state index contributed by atoms with van der Waals surface area (Å²) in [5.74, 6) is 0.663. The molecule has 2 N–H and O–H groups in total. The second kappa shape index (κ2) is 4.67. The summed E-state index contributed by atoms with van der Waals surface area (Å²) in [5.41, 5.74) is 2.39. The maximum atomic E-state index is 9.31. The largest absolute Gasteiger partial charge is 0.394 e. The van der Waals surface area contributed by atoms with Gasteiger partial charge in [-0.25, -0.2) is 0 Å². The topological polar surface area (TPSA) is 32.3 Å². The van der Waals surface area contributed by atoms with Gasteiger partial charge in [0.05, 0.1) is 12.6 Å². The molecule has 0 saturated heterocycles. The van der Waals surface area contributed by atoms with Gasteiger partial charge < -0.3 is 10.4 Å². The molecule has 1 aromatic rings. The number of aryl methyl sites for hydroxylation is 1. The predicted molar refractivity (Wildman–Crippen MR) is 63.0 cm³/mol. The van der Waals surface area contributed by atoms with E-state index in [4.69, 9.17) is 0 Å². The maximum absolute atomic E-state index is 9.31. The van der Waals surface area contributed by atoms with Crippen LogP contribution in [-0.2, 0) is 0 Å². The van der Waals surface area contributed by atoms with Crippen LogP contribution >= 0.6 is 0 Å². The van der Waals surface area contributed by atoms with Crippen LogP contribution in [0.15, 0.2) is 24.3 Å². The van der Waals surface area contributed by atoms with Crippen LogP contribution in [0.3, 0.4) is 0 Å². The van der Waals surface area contributed by atoms with Crippen molar-refractivity contribution in [2.45, 2.75) is 32.2 Å². The van der Waals surface area contributed by atoms with Gasteiger partial charge in [0.25, 0.3) is 0 Å². The van der Waals surface area contributed by atoms with Crippen LogP contribution in [0.25, 0.3) is 0 Å². The van der Waals surface area contributed by atoms with Crippen molar-refractivity contribution in [3.8, 4) is 0 Å². The molecule has 2 heteroatoms. The number of anilines is 1. The Hall–Kier alpha value is -1.02. The minimum Gasteiger partial charge on any atom is -0.394 e. The van der Waals surface area contributed by atoms with Gasteiger partial charge in [0, 0.05) is 5.69 Å². The van der Waals surface area contributed by atoms with Crippen LogP contribution in [0.1, 0.15) is 24.8 Å². The van der Waals surface area contributed by atoms with E-state index in [-0.39, 0.29) is 12.6 Å². The first-order chi connectivity index (χ1) is 7.29. The Balaban J connectivity index is 1.96. The van der Waals surface area contributed by atoms with Crippen molar-refractivity contribution >= 4 is 5.69 Å². The Bertz CT molecular complexity index is 303. The Morgan fingerprint density at radius 3 is 2.47 bits per heavy atom. The lowest BCUT2D eigenvalue weighted by atomic mass is 9.80. The fourth-order valence-electron chi connectivity index (χ4n) is 2.02. The second-order valence-corrected chi connectivity index (χ2v) is 4.49. The summed E-state index contributed by atoms with van der Waals surface area (Å²) in [6.07, 6.45) is 3.82. The van der Waals surface area contributed by atoms with Crippen LogP contribution < -0.4 is 5.32 Å². The van der Waals surface area contributed by atoms with Crippen molar-refractivity contribution in [3.05, 3.63) is 29.8 Å². The van der Waals surface area contributed by atoms with E-state index in [9.17, 15) is 5.11 Å². The first-order valence-corrected chi connectivity index (χ1v) is 5.73. The Morgan fingerprint density at radius 2 is 2.00 bits per heavy atom. The first kappa shape index (κ1) is 10.5. The van der Waals surface area contributed by atoms with Crippen LogP contribution in [0.5, 0.6) is 0 Å². The van der Waals surface area contributed by atoms with E-state index in [1.807, 2.05) is 0 Å². The highest BCUT2D eigenvalue weighted by atomic mass is 16.3. The van der Waals surface area contributed by atoms with Gasteiger partial charge in [0.1, 0.15) is 0 Å². The van der Waals surface area contributed by atoms with Crippen molar-refractivity contribution < 1.29 is 5.11 Å². The highest BCUT2D eigenvalue weighted by Crippen LogP contribution is 2.31. The zero-order chi connectivity index (χ0) is 10.7. The molecular formula is C13H19NO. The standard InChI is InChI=1S/C13H19NO/c1-10-5-7-12(8-6-10)14-13(9-15)11-3-2-4-11/h5-8,11,13-15H,2-4,9H2,1H3. The molecule has 0 aromatic heterocycles. The second-order valence-electron chi connectivity index (χ2n) is 4.49. The molecule has 1 atom stereocenters. The average molecular weight is 205 g/mol. The normalized spacial score (nSPS) is 18.3. The van der Waals surface area contributed by atoms with Crippen LogP contribution in [-0.4, -0.2) is 17.8 Å². The molecule has 1 unspecified atom stereocenters. The Morgan fingerprint density at radius 1 is 1.33 bits per heavy atom. The van der Waals surface area contributed by atoms with Crippen LogP contribution in [0.4, 0.5) is 5.69 Å². The monoisotopic (exact) mass is 205 g/mol. The van der Waals surface area contributed by atoms with Crippen molar-refractivity contribution in [2.24, 2.45) is 5.92 Å². The lowest BCUT2D eigenvalue weighted by Gasteiger charge is -2.33. The van der Waals surface area contributed by atoms with Gasteiger partial charge in [0.15, 0.2) is 0 Å². The number of rotatable bonds is 4. The molecule has 1 fully saturated rings. The van der Waals surface area contributed by atoms with E-state index in [2.05, 4.69) is 36.5 Å². The molecule has 0 spiro atoms. The van der Waals surface area contributed by atoms with Gasteiger partial charge in [-0.2, -0.15) is 0 Å². The molecule has 0 aliphatic heterocycles. The predicted octanol–water partition coefficient (Wildman–Crippen LogP) is 2.57. The minimum absolute atomic E-state index is 0.235. The van der Waals surface area contributed by atoms with Crippen LogP contribution in [0.2, 0.25) is 0 Å². The number of benzene rings is 1. The van der Waals surface area contributed by atoms with E-state index in [1.54, 1.807) is 0 Å². The molecule has 0 bridgehead atoms. The highest BCUT2D eigenvalue weighted by Gasteiger charge is 2.26. The summed E-state index contributed by atoms with van der Waals surface area (Å²) in [7, 11) is 0. The molecule has 2 nitrogen and oxygen atoms in total.